The van der Waals surface area contributed by atoms with E-state index in [1.807, 2.05) is 29.2 Å². The number of likely N-dealkylation sites (tertiary alicyclic amines) is 1. The highest BCUT2D eigenvalue weighted by Gasteiger charge is 2.25. The number of methoxy groups -OCH3 is 1. The zero-order valence-electron chi connectivity index (χ0n) is 12.2. The number of ether oxygens (including phenoxy) is 1. The van der Waals surface area contributed by atoms with Crippen LogP contribution in [0.5, 0.6) is 5.75 Å². The Morgan fingerprint density at radius 3 is 2.81 bits per heavy atom. The number of hydrogen-bond donors (Lipinski definition) is 2. The van der Waals surface area contributed by atoms with Crippen LogP contribution in [0.3, 0.4) is 0 Å². The molecule has 6 heteroatoms. The van der Waals surface area contributed by atoms with E-state index in [0.717, 1.165) is 30.7 Å². The molecule has 1 aromatic carbocycles. The van der Waals surface area contributed by atoms with Crippen molar-refractivity contribution in [2.45, 2.75) is 19.4 Å². The van der Waals surface area contributed by atoms with Crippen LogP contribution in [0.1, 0.15) is 18.4 Å². The minimum atomic E-state index is -0.238. The fourth-order valence-corrected chi connectivity index (χ4v) is 2.66. The van der Waals surface area contributed by atoms with E-state index in [1.165, 1.54) is 0 Å². The highest BCUT2D eigenvalue weighted by atomic mass is 32.1. The first-order valence-corrected chi connectivity index (χ1v) is 7.46. The van der Waals surface area contributed by atoms with Gasteiger partial charge in [0.2, 0.25) is 5.91 Å². The van der Waals surface area contributed by atoms with Gasteiger partial charge in [0, 0.05) is 19.6 Å². The van der Waals surface area contributed by atoms with Crippen molar-refractivity contribution < 1.29 is 9.53 Å². The molecule has 1 aliphatic heterocycles. The Morgan fingerprint density at radius 2 is 2.19 bits per heavy atom. The summed E-state index contributed by atoms with van der Waals surface area (Å²) in [7, 11) is 1.65. The van der Waals surface area contributed by atoms with Crippen molar-refractivity contribution in [1.29, 1.82) is 0 Å². The van der Waals surface area contributed by atoms with Crippen molar-refractivity contribution >= 4 is 23.2 Å². The lowest BCUT2D eigenvalue weighted by molar-refractivity contribution is -0.122. The molecule has 114 valence electrons. The lowest BCUT2D eigenvalue weighted by Gasteiger charge is -2.33. The average Bonchev–Trinajstić information content (AvgIpc) is 2.53. The van der Waals surface area contributed by atoms with Gasteiger partial charge in [0.1, 0.15) is 5.75 Å². The SMILES string of the molecule is COc1ccc(CNC(=S)N2CCCC(C(N)=O)C2)cc1. The smallest absolute Gasteiger partial charge is 0.222 e. The molecule has 0 spiro atoms. The maximum atomic E-state index is 11.3. The van der Waals surface area contributed by atoms with Gasteiger partial charge in [-0.05, 0) is 42.8 Å². The molecule has 5 nitrogen and oxygen atoms in total. The van der Waals surface area contributed by atoms with Crippen molar-refractivity contribution in [1.82, 2.24) is 10.2 Å². The van der Waals surface area contributed by atoms with E-state index in [-0.39, 0.29) is 11.8 Å². The third-order valence-electron chi connectivity index (χ3n) is 3.71. The molecule has 21 heavy (non-hydrogen) atoms. The summed E-state index contributed by atoms with van der Waals surface area (Å²) in [6, 6.07) is 7.84. The third-order valence-corrected chi connectivity index (χ3v) is 4.12. The van der Waals surface area contributed by atoms with Crippen LogP contribution in [0, 0.1) is 5.92 Å². The largest absolute Gasteiger partial charge is 0.497 e. The minimum absolute atomic E-state index is 0.0977. The number of amides is 1. The summed E-state index contributed by atoms with van der Waals surface area (Å²) in [4.78, 5) is 13.3. The van der Waals surface area contributed by atoms with Gasteiger partial charge in [0.05, 0.1) is 13.0 Å². The van der Waals surface area contributed by atoms with Crippen molar-refractivity contribution in [2.24, 2.45) is 11.7 Å². The Hall–Kier alpha value is -1.82. The normalized spacial score (nSPS) is 18.1. The number of primary amides is 1. The van der Waals surface area contributed by atoms with E-state index in [9.17, 15) is 4.79 Å². The van der Waals surface area contributed by atoms with Gasteiger partial charge in [-0.1, -0.05) is 12.1 Å². The number of nitrogens with two attached hydrogens (primary N) is 1. The third kappa shape index (κ3) is 4.32. The van der Waals surface area contributed by atoms with Crippen molar-refractivity contribution in [2.75, 3.05) is 20.2 Å². The van der Waals surface area contributed by atoms with Crippen molar-refractivity contribution in [3.63, 3.8) is 0 Å². The van der Waals surface area contributed by atoms with E-state index in [0.29, 0.717) is 18.2 Å². The molecule has 1 saturated heterocycles. The summed E-state index contributed by atoms with van der Waals surface area (Å²) in [6.07, 6.45) is 1.80. The van der Waals surface area contributed by atoms with Gasteiger partial charge in [-0.25, -0.2) is 0 Å². The lowest BCUT2D eigenvalue weighted by atomic mass is 9.98. The number of thiocarbonyl (C=S) groups is 1. The summed E-state index contributed by atoms with van der Waals surface area (Å²) in [5, 5.41) is 3.91. The molecule has 0 aromatic heterocycles. The molecule has 1 amide bonds. The van der Waals surface area contributed by atoms with Gasteiger partial charge >= 0.3 is 0 Å². The fraction of sp³-hybridized carbons (Fsp3) is 0.467. The van der Waals surface area contributed by atoms with E-state index in [4.69, 9.17) is 22.7 Å². The monoisotopic (exact) mass is 307 g/mol. The number of carbonyl (C=O) groups is 1. The van der Waals surface area contributed by atoms with E-state index in [1.54, 1.807) is 7.11 Å². The van der Waals surface area contributed by atoms with E-state index < -0.39 is 0 Å². The number of nitrogens with one attached hydrogen (secondary N) is 1. The highest BCUT2D eigenvalue weighted by Crippen LogP contribution is 2.16. The van der Waals surface area contributed by atoms with Gasteiger partial charge in [0.25, 0.3) is 0 Å². The Bertz CT molecular complexity index is 504. The Morgan fingerprint density at radius 1 is 1.48 bits per heavy atom. The van der Waals surface area contributed by atoms with Gasteiger partial charge in [-0.15, -0.1) is 0 Å². The number of rotatable bonds is 4. The van der Waals surface area contributed by atoms with Gasteiger partial charge in [0.15, 0.2) is 5.11 Å². The maximum Gasteiger partial charge on any atom is 0.222 e. The molecule has 0 saturated carbocycles. The highest BCUT2D eigenvalue weighted by molar-refractivity contribution is 7.80. The van der Waals surface area contributed by atoms with Crippen LogP contribution >= 0.6 is 12.2 Å². The first kappa shape index (κ1) is 15.6. The van der Waals surface area contributed by atoms with Gasteiger partial charge in [-0.2, -0.15) is 0 Å². The first-order valence-electron chi connectivity index (χ1n) is 7.05. The molecule has 1 atom stereocenters. The summed E-state index contributed by atoms with van der Waals surface area (Å²) in [5.74, 6) is 0.499. The zero-order valence-corrected chi connectivity index (χ0v) is 13.0. The molecule has 2 rings (SSSR count). The number of hydrogen-bond acceptors (Lipinski definition) is 3. The lowest BCUT2D eigenvalue weighted by Crippen LogP contribution is -2.47. The molecule has 1 aromatic rings. The molecule has 1 unspecified atom stereocenters. The van der Waals surface area contributed by atoms with Crippen molar-refractivity contribution in [3.8, 4) is 5.75 Å². The predicted molar refractivity (Wildman–Crippen MR) is 85.9 cm³/mol. The van der Waals surface area contributed by atoms with Crippen LogP contribution in [0.25, 0.3) is 0 Å². The van der Waals surface area contributed by atoms with E-state index in [2.05, 4.69) is 5.32 Å². The number of benzene rings is 1. The maximum absolute atomic E-state index is 11.3. The Balaban J connectivity index is 1.84. The second kappa shape index (κ2) is 7.26. The van der Waals surface area contributed by atoms with Crippen molar-refractivity contribution in [3.05, 3.63) is 29.8 Å². The van der Waals surface area contributed by atoms with Gasteiger partial charge in [-0.3, -0.25) is 4.79 Å². The summed E-state index contributed by atoms with van der Waals surface area (Å²) >= 11 is 5.40. The van der Waals surface area contributed by atoms with Crippen LogP contribution in [-0.2, 0) is 11.3 Å². The summed E-state index contributed by atoms with van der Waals surface area (Å²) < 4.78 is 5.13. The Labute approximate surface area is 130 Å². The quantitative estimate of drug-likeness (QED) is 0.820. The molecule has 3 N–H and O–H groups in total. The number of carbonyl (C=O) groups excluding carboxylic acids is 1. The fourth-order valence-electron chi connectivity index (χ4n) is 2.43. The first-order chi connectivity index (χ1) is 10.1. The second-order valence-electron chi connectivity index (χ2n) is 5.19. The molecule has 1 heterocycles. The van der Waals surface area contributed by atoms with Gasteiger partial charge < -0.3 is 20.7 Å². The molecular weight excluding hydrogens is 286 g/mol. The van der Waals surface area contributed by atoms with Crippen LogP contribution in [0.15, 0.2) is 24.3 Å². The average molecular weight is 307 g/mol. The van der Waals surface area contributed by atoms with E-state index >= 15 is 0 Å². The van der Waals surface area contributed by atoms with Crippen LogP contribution in [0.4, 0.5) is 0 Å². The minimum Gasteiger partial charge on any atom is -0.497 e. The van der Waals surface area contributed by atoms with Crippen LogP contribution in [-0.4, -0.2) is 36.1 Å². The zero-order chi connectivity index (χ0) is 15.2. The van der Waals surface area contributed by atoms with Crippen LogP contribution in [0.2, 0.25) is 0 Å². The second-order valence-corrected chi connectivity index (χ2v) is 5.58. The molecule has 0 bridgehead atoms. The molecule has 1 fully saturated rings. The number of nitrogens with zero attached hydrogens (tertiary/aromatic N) is 1. The topological polar surface area (TPSA) is 67.6 Å². The Kier molecular flexibility index (Phi) is 5.38. The summed E-state index contributed by atoms with van der Waals surface area (Å²) in [6.45, 7) is 2.14. The standard InChI is InChI=1S/C15H21N3O2S/c1-20-13-6-4-11(5-7-13)9-17-15(21)18-8-2-3-12(10-18)14(16)19/h4-7,12H,2-3,8-10H2,1H3,(H2,16,19)(H,17,21). The molecule has 1 aliphatic rings. The van der Waals surface area contributed by atoms with Crippen LogP contribution < -0.4 is 15.8 Å². The molecular formula is C15H21N3O2S. The molecule has 0 aliphatic carbocycles. The molecule has 0 radical (unpaired) electrons. The predicted octanol–water partition coefficient (Wildman–Crippen LogP) is 1.27. The number of piperidine rings is 1. The summed E-state index contributed by atoms with van der Waals surface area (Å²) in [5.41, 5.74) is 6.51.